The van der Waals surface area contributed by atoms with Gasteiger partial charge in [-0.25, -0.2) is 9.59 Å². The molecule has 0 unspecified atom stereocenters. The predicted molar refractivity (Wildman–Crippen MR) is 82.1 cm³/mol. The van der Waals surface area contributed by atoms with E-state index in [1.165, 1.54) is 7.11 Å². The highest BCUT2D eigenvalue weighted by atomic mass is 35.5. The van der Waals surface area contributed by atoms with Crippen molar-refractivity contribution in [2.24, 2.45) is 0 Å². The lowest BCUT2D eigenvalue weighted by Gasteiger charge is -2.07. The van der Waals surface area contributed by atoms with Crippen LogP contribution >= 0.6 is 22.9 Å². The van der Waals surface area contributed by atoms with Gasteiger partial charge in [-0.05, 0) is 24.6 Å². The molecule has 0 spiro atoms. The Hall–Kier alpha value is -1.85. The van der Waals surface area contributed by atoms with Crippen LogP contribution in [-0.2, 0) is 9.47 Å². The van der Waals surface area contributed by atoms with Crippen LogP contribution in [0.1, 0.15) is 27.0 Å². The summed E-state index contributed by atoms with van der Waals surface area (Å²) in [4.78, 5) is 24.3. The van der Waals surface area contributed by atoms with Gasteiger partial charge < -0.3 is 9.47 Å². The average molecular weight is 325 g/mol. The second kappa shape index (κ2) is 6.74. The molecule has 0 aliphatic heterocycles. The van der Waals surface area contributed by atoms with Crippen LogP contribution in [0.3, 0.4) is 0 Å². The van der Waals surface area contributed by atoms with Gasteiger partial charge in [0, 0.05) is 16.0 Å². The third-order valence-corrected chi connectivity index (χ3v) is 4.00. The Labute approximate surface area is 131 Å². The fraction of sp³-hybridized carbons (Fsp3) is 0.200. The Kier molecular flexibility index (Phi) is 4.98. The molecule has 0 saturated carbocycles. The lowest BCUT2D eigenvalue weighted by atomic mass is 10.0. The molecule has 21 heavy (non-hydrogen) atoms. The fourth-order valence-corrected chi connectivity index (χ4v) is 2.94. The van der Waals surface area contributed by atoms with Crippen molar-refractivity contribution in [1.29, 1.82) is 0 Å². The normalized spacial score (nSPS) is 10.2. The molecule has 0 radical (unpaired) electrons. The van der Waals surface area contributed by atoms with Gasteiger partial charge in [0.1, 0.15) is 4.88 Å². The Morgan fingerprint density at radius 2 is 1.86 bits per heavy atom. The summed E-state index contributed by atoms with van der Waals surface area (Å²) in [5.74, 6) is -0.950. The fourth-order valence-electron chi connectivity index (χ4n) is 1.87. The van der Waals surface area contributed by atoms with Gasteiger partial charge in [0.2, 0.25) is 0 Å². The number of carbonyl (C=O) groups is 2. The quantitative estimate of drug-likeness (QED) is 0.797. The van der Waals surface area contributed by atoms with Crippen LogP contribution in [0.25, 0.3) is 11.1 Å². The van der Waals surface area contributed by atoms with Gasteiger partial charge in [-0.1, -0.05) is 23.7 Å². The number of rotatable bonds is 4. The van der Waals surface area contributed by atoms with Gasteiger partial charge in [-0.3, -0.25) is 0 Å². The molecule has 110 valence electrons. The van der Waals surface area contributed by atoms with Crippen molar-refractivity contribution in [3.63, 3.8) is 0 Å². The van der Waals surface area contributed by atoms with Crippen molar-refractivity contribution in [2.75, 3.05) is 13.7 Å². The first kappa shape index (κ1) is 15.5. The topological polar surface area (TPSA) is 52.6 Å². The third-order valence-electron chi connectivity index (χ3n) is 2.79. The van der Waals surface area contributed by atoms with Crippen LogP contribution in [0.2, 0.25) is 5.02 Å². The second-order valence-corrected chi connectivity index (χ2v) is 5.39. The van der Waals surface area contributed by atoms with E-state index in [4.69, 9.17) is 21.1 Å². The molecule has 4 nitrogen and oxygen atoms in total. The van der Waals surface area contributed by atoms with Crippen molar-refractivity contribution in [3.05, 3.63) is 45.1 Å². The van der Waals surface area contributed by atoms with Crippen LogP contribution in [0, 0.1) is 0 Å². The van der Waals surface area contributed by atoms with Crippen molar-refractivity contribution >= 4 is 34.9 Å². The van der Waals surface area contributed by atoms with E-state index in [0.29, 0.717) is 26.6 Å². The van der Waals surface area contributed by atoms with E-state index < -0.39 is 11.9 Å². The molecular formula is C15H13ClO4S. The molecule has 0 N–H and O–H groups in total. The smallest absolute Gasteiger partial charge is 0.348 e. The Morgan fingerprint density at radius 1 is 1.19 bits per heavy atom. The Morgan fingerprint density at radius 3 is 2.43 bits per heavy atom. The van der Waals surface area contributed by atoms with Gasteiger partial charge in [-0.15, -0.1) is 11.3 Å². The van der Waals surface area contributed by atoms with Crippen LogP contribution in [0.4, 0.5) is 0 Å². The number of hydrogen-bond donors (Lipinski definition) is 0. The van der Waals surface area contributed by atoms with Crippen LogP contribution in [0.15, 0.2) is 29.6 Å². The SMILES string of the molecule is CCOC(=O)c1scc(C(=O)OC)c1-c1ccc(Cl)cc1. The zero-order valence-electron chi connectivity index (χ0n) is 11.5. The molecule has 0 saturated heterocycles. The number of carbonyl (C=O) groups excluding carboxylic acids is 2. The minimum atomic E-state index is -0.494. The molecule has 0 fully saturated rings. The summed E-state index contributed by atoms with van der Waals surface area (Å²) in [6.45, 7) is 2.00. The molecule has 1 heterocycles. The summed E-state index contributed by atoms with van der Waals surface area (Å²) >= 11 is 7.03. The molecule has 1 aromatic carbocycles. The molecule has 6 heteroatoms. The Bertz CT molecular complexity index is 661. The van der Waals surface area contributed by atoms with Gasteiger partial charge in [0.25, 0.3) is 0 Å². The van der Waals surface area contributed by atoms with E-state index in [2.05, 4.69) is 0 Å². The van der Waals surface area contributed by atoms with Gasteiger partial charge in [0.15, 0.2) is 0 Å². The number of halogens is 1. The largest absolute Gasteiger partial charge is 0.465 e. The van der Waals surface area contributed by atoms with Crippen molar-refractivity contribution in [2.45, 2.75) is 6.92 Å². The summed E-state index contributed by atoms with van der Waals surface area (Å²) in [5.41, 5.74) is 1.57. The minimum absolute atomic E-state index is 0.268. The first-order chi connectivity index (χ1) is 10.1. The van der Waals surface area contributed by atoms with Gasteiger partial charge in [-0.2, -0.15) is 0 Å². The second-order valence-electron chi connectivity index (χ2n) is 4.07. The zero-order chi connectivity index (χ0) is 15.4. The average Bonchev–Trinajstić information content (AvgIpc) is 2.92. The minimum Gasteiger partial charge on any atom is -0.465 e. The highest BCUT2D eigenvalue weighted by Gasteiger charge is 2.24. The highest BCUT2D eigenvalue weighted by molar-refractivity contribution is 7.13. The first-order valence-corrected chi connectivity index (χ1v) is 7.47. The summed E-state index contributed by atoms with van der Waals surface area (Å²) in [5, 5.41) is 2.17. The summed E-state index contributed by atoms with van der Waals surface area (Å²) in [6, 6.07) is 6.90. The molecule has 0 amide bonds. The standard InChI is InChI=1S/C15H13ClO4S/c1-3-20-15(18)13-12(9-4-6-10(16)7-5-9)11(8-21-13)14(17)19-2/h4-8H,3H2,1-2H3. The lowest BCUT2D eigenvalue weighted by molar-refractivity contribution is 0.0533. The van der Waals surface area contributed by atoms with E-state index in [9.17, 15) is 9.59 Å². The van der Waals surface area contributed by atoms with Crippen molar-refractivity contribution < 1.29 is 19.1 Å². The molecule has 0 aliphatic rings. The van der Waals surface area contributed by atoms with E-state index in [-0.39, 0.29) is 6.61 Å². The number of esters is 2. The first-order valence-electron chi connectivity index (χ1n) is 6.21. The van der Waals surface area contributed by atoms with E-state index in [0.717, 1.165) is 11.3 Å². The van der Waals surface area contributed by atoms with Crippen LogP contribution in [-0.4, -0.2) is 25.7 Å². The summed E-state index contributed by atoms with van der Waals surface area (Å²) in [6.07, 6.45) is 0. The number of benzene rings is 1. The van der Waals surface area contributed by atoms with E-state index in [1.807, 2.05) is 0 Å². The monoisotopic (exact) mass is 324 g/mol. The number of methoxy groups -OCH3 is 1. The Balaban J connectivity index is 2.58. The van der Waals surface area contributed by atoms with Crippen LogP contribution < -0.4 is 0 Å². The van der Waals surface area contributed by atoms with Crippen LogP contribution in [0.5, 0.6) is 0 Å². The predicted octanol–water partition coefficient (Wildman–Crippen LogP) is 4.03. The summed E-state index contributed by atoms with van der Waals surface area (Å²) in [7, 11) is 1.30. The van der Waals surface area contributed by atoms with Crippen molar-refractivity contribution in [1.82, 2.24) is 0 Å². The van der Waals surface area contributed by atoms with E-state index in [1.54, 1.807) is 36.6 Å². The van der Waals surface area contributed by atoms with Gasteiger partial charge >= 0.3 is 11.9 Å². The molecular weight excluding hydrogens is 312 g/mol. The number of thiophene rings is 1. The zero-order valence-corrected chi connectivity index (χ0v) is 13.1. The lowest BCUT2D eigenvalue weighted by Crippen LogP contribution is -2.06. The van der Waals surface area contributed by atoms with Gasteiger partial charge in [0.05, 0.1) is 19.3 Å². The molecule has 1 aromatic heterocycles. The number of ether oxygens (including phenoxy) is 2. The molecule has 0 aliphatic carbocycles. The molecule has 2 aromatic rings. The maximum atomic E-state index is 12.0. The molecule has 0 bridgehead atoms. The molecule has 2 rings (SSSR count). The summed E-state index contributed by atoms with van der Waals surface area (Å²) < 4.78 is 9.80. The van der Waals surface area contributed by atoms with Crippen molar-refractivity contribution in [3.8, 4) is 11.1 Å². The highest BCUT2D eigenvalue weighted by Crippen LogP contribution is 2.34. The van der Waals surface area contributed by atoms with E-state index >= 15 is 0 Å². The molecule has 0 atom stereocenters. The third kappa shape index (κ3) is 3.25. The number of hydrogen-bond acceptors (Lipinski definition) is 5. The maximum Gasteiger partial charge on any atom is 0.348 e. The maximum absolute atomic E-state index is 12.0.